The van der Waals surface area contributed by atoms with E-state index in [1.807, 2.05) is 0 Å². The molecule has 0 saturated heterocycles. The van der Waals surface area contributed by atoms with E-state index >= 15 is 0 Å². The van der Waals surface area contributed by atoms with E-state index in [0.717, 1.165) is 6.54 Å². The molecule has 0 aliphatic carbocycles. The van der Waals surface area contributed by atoms with Crippen LogP contribution in [-0.4, -0.2) is 34.4 Å². The molecule has 0 heterocycles. The summed E-state index contributed by atoms with van der Waals surface area (Å²) >= 11 is -0.0489. The van der Waals surface area contributed by atoms with E-state index in [1.165, 1.54) is 23.7 Å². The summed E-state index contributed by atoms with van der Waals surface area (Å²) in [6, 6.07) is 5.02. The van der Waals surface area contributed by atoms with Gasteiger partial charge in [0.2, 0.25) is 0 Å². The molecule has 0 spiro atoms. The third-order valence-corrected chi connectivity index (χ3v) is 7.46. The van der Waals surface area contributed by atoms with Crippen LogP contribution in [0.25, 0.3) is 0 Å². The molecule has 1 aromatic rings. The van der Waals surface area contributed by atoms with Crippen molar-refractivity contribution in [3.8, 4) is 0 Å². The Morgan fingerprint density at radius 2 is 1.57 bits per heavy atom. The van der Waals surface area contributed by atoms with Gasteiger partial charge in [0, 0.05) is 0 Å². The first kappa shape index (κ1) is 20.8. The minimum absolute atomic E-state index is 0.0489. The van der Waals surface area contributed by atoms with E-state index in [9.17, 15) is 0 Å². The van der Waals surface area contributed by atoms with Crippen LogP contribution in [0.4, 0.5) is 0 Å². The molecular weight excluding hydrogens is 339 g/mol. The van der Waals surface area contributed by atoms with Gasteiger partial charge in [-0.25, -0.2) is 0 Å². The maximum atomic E-state index is 2.52. The van der Waals surface area contributed by atoms with Crippen molar-refractivity contribution in [3.63, 3.8) is 0 Å². The Balaban J connectivity index is 3.46. The Kier molecular flexibility index (Phi) is 7.41. The van der Waals surface area contributed by atoms with Gasteiger partial charge in [0.05, 0.1) is 0 Å². The predicted molar refractivity (Wildman–Crippen MR) is 106 cm³/mol. The van der Waals surface area contributed by atoms with Crippen molar-refractivity contribution in [1.29, 1.82) is 0 Å². The number of benzene rings is 1. The maximum absolute atomic E-state index is 2.52. The number of hydrogen-bond donors (Lipinski definition) is 0. The molecule has 0 saturated carbocycles. The zero-order valence-electron chi connectivity index (χ0n) is 16.9. The minimum atomic E-state index is -0.0489. The second-order valence-corrected chi connectivity index (χ2v) is 11.9. The van der Waals surface area contributed by atoms with Gasteiger partial charge in [-0.05, 0) is 0 Å². The van der Waals surface area contributed by atoms with Gasteiger partial charge in [0.15, 0.2) is 0 Å². The van der Waals surface area contributed by atoms with Crippen molar-refractivity contribution in [2.75, 3.05) is 14.1 Å². The molecule has 0 amide bonds. The monoisotopic (exact) mass is 377 g/mol. The molecule has 0 unspecified atom stereocenters. The first-order valence-electron chi connectivity index (χ1n) is 9.03. The Morgan fingerprint density at radius 3 is 2.00 bits per heavy atom. The summed E-state index contributed by atoms with van der Waals surface area (Å²) in [6.07, 6.45) is 2.70. The topological polar surface area (TPSA) is 3.24 Å². The van der Waals surface area contributed by atoms with E-state index in [0.29, 0.717) is 0 Å². The Bertz CT molecular complexity index is 504. The predicted octanol–water partition coefficient (Wildman–Crippen LogP) is 4.89. The average molecular weight is 376 g/mol. The molecular formula is C21H37GeN. The number of unbranched alkanes of at least 4 members (excludes halogenated alkanes) is 1. The Hall–Kier alpha value is -0.277. The molecule has 130 valence electrons. The summed E-state index contributed by atoms with van der Waals surface area (Å²) in [5.41, 5.74) is 5.13. The van der Waals surface area contributed by atoms with Gasteiger partial charge in [0.25, 0.3) is 0 Å². The Morgan fingerprint density at radius 1 is 0.957 bits per heavy atom. The SMILES string of the molecule is CCC[CH2][Ge][c]1c(CN(C)C)cc(C(C)(C)C)cc1C(C)(C)C. The molecule has 0 bridgehead atoms. The van der Waals surface area contributed by atoms with Crippen molar-refractivity contribution < 1.29 is 0 Å². The van der Waals surface area contributed by atoms with E-state index < -0.39 is 0 Å². The van der Waals surface area contributed by atoms with Gasteiger partial charge >= 0.3 is 152 Å². The quantitative estimate of drug-likeness (QED) is 0.505. The van der Waals surface area contributed by atoms with Crippen molar-refractivity contribution in [2.45, 2.75) is 83.9 Å². The first-order valence-corrected chi connectivity index (χ1v) is 11.6. The third kappa shape index (κ3) is 6.27. The van der Waals surface area contributed by atoms with Crippen LogP contribution >= 0.6 is 0 Å². The van der Waals surface area contributed by atoms with E-state index in [-0.39, 0.29) is 26.3 Å². The number of rotatable bonds is 6. The van der Waals surface area contributed by atoms with Gasteiger partial charge in [-0.2, -0.15) is 0 Å². The summed E-state index contributed by atoms with van der Waals surface area (Å²) in [5, 5.41) is 1.43. The molecule has 1 rings (SSSR count). The fourth-order valence-corrected chi connectivity index (χ4v) is 6.56. The Labute approximate surface area is 151 Å². The fraction of sp³-hybridized carbons (Fsp3) is 0.714. The summed E-state index contributed by atoms with van der Waals surface area (Å²) in [5.74, 6) is 0. The van der Waals surface area contributed by atoms with Crippen molar-refractivity contribution in [1.82, 2.24) is 4.90 Å². The van der Waals surface area contributed by atoms with Crippen LogP contribution in [0, 0.1) is 0 Å². The number of hydrogen-bond acceptors (Lipinski definition) is 1. The zero-order valence-corrected chi connectivity index (χ0v) is 19.0. The molecule has 0 aliphatic heterocycles. The average Bonchev–Trinajstić information content (AvgIpc) is 2.37. The van der Waals surface area contributed by atoms with Crippen molar-refractivity contribution >= 4 is 19.8 Å². The van der Waals surface area contributed by atoms with Gasteiger partial charge in [-0.1, -0.05) is 0 Å². The van der Waals surface area contributed by atoms with E-state index in [4.69, 9.17) is 0 Å². The zero-order chi connectivity index (χ0) is 17.8. The summed E-state index contributed by atoms with van der Waals surface area (Å²) in [6.45, 7) is 17.5. The van der Waals surface area contributed by atoms with Gasteiger partial charge in [-0.3, -0.25) is 0 Å². The third-order valence-electron chi connectivity index (χ3n) is 4.21. The van der Waals surface area contributed by atoms with Crippen LogP contribution in [0.3, 0.4) is 0 Å². The van der Waals surface area contributed by atoms with Gasteiger partial charge < -0.3 is 0 Å². The molecule has 2 radical (unpaired) electrons. The van der Waals surface area contributed by atoms with Crippen molar-refractivity contribution in [3.05, 3.63) is 28.8 Å². The molecule has 0 fully saturated rings. The van der Waals surface area contributed by atoms with Crippen LogP contribution in [0.5, 0.6) is 0 Å². The van der Waals surface area contributed by atoms with Gasteiger partial charge in [-0.15, -0.1) is 0 Å². The number of nitrogens with zero attached hydrogens (tertiary/aromatic N) is 1. The van der Waals surface area contributed by atoms with Crippen LogP contribution in [0.15, 0.2) is 12.1 Å². The first-order chi connectivity index (χ1) is 10.5. The molecule has 0 aliphatic rings. The normalized spacial score (nSPS) is 13.0. The molecule has 0 atom stereocenters. The van der Waals surface area contributed by atoms with Crippen LogP contribution < -0.4 is 4.40 Å². The molecule has 2 heteroatoms. The van der Waals surface area contributed by atoms with E-state index in [1.54, 1.807) is 15.5 Å². The molecule has 0 aromatic heterocycles. The fourth-order valence-electron chi connectivity index (χ4n) is 2.79. The van der Waals surface area contributed by atoms with E-state index in [2.05, 4.69) is 79.6 Å². The van der Waals surface area contributed by atoms with Crippen LogP contribution in [-0.2, 0) is 17.4 Å². The molecule has 23 heavy (non-hydrogen) atoms. The molecule has 0 N–H and O–H groups in total. The molecule has 1 aromatic carbocycles. The standard InChI is InChI=1S/C21H37GeN/c1-10-11-12-22-19-16(15-23(8)9)13-17(20(2,3)4)14-18(19)21(5,6)7/h13-14H,10-12,15H2,1-9H3. The van der Waals surface area contributed by atoms with Gasteiger partial charge in [0.1, 0.15) is 0 Å². The van der Waals surface area contributed by atoms with Crippen molar-refractivity contribution in [2.24, 2.45) is 0 Å². The molecule has 1 nitrogen and oxygen atoms in total. The summed E-state index contributed by atoms with van der Waals surface area (Å²) in [4.78, 5) is 2.32. The second-order valence-electron chi connectivity index (χ2n) is 9.08. The summed E-state index contributed by atoms with van der Waals surface area (Å²) < 4.78 is 1.73. The second kappa shape index (κ2) is 8.20. The van der Waals surface area contributed by atoms with Crippen LogP contribution in [0.2, 0.25) is 5.25 Å². The summed E-state index contributed by atoms with van der Waals surface area (Å²) in [7, 11) is 4.38. The van der Waals surface area contributed by atoms with Crippen LogP contribution in [0.1, 0.15) is 78.0 Å².